The van der Waals surface area contributed by atoms with E-state index in [-0.39, 0.29) is 44.1 Å². The molecule has 238 valence electrons. The minimum absolute atomic E-state index is 0.0289. The summed E-state index contributed by atoms with van der Waals surface area (Å²) in [6.07, 6.45) is -0.318. The Bertz CT molecular complexity index is 1320. The van der Waals surface area contributed by atoms with Gasteiger partial charge in [-0.3, -0.25) is 14.4 Å². The van der Waals surface area contributed by atoms with Gasteiger partial charge >= 0.3 is 12.1 Å². The van der Waals surface area contributed by atoms with Crippen LogP contribution in [0.2, 0.25) is 0 Å². The van der Waals surface area contributed by atoms with E-state index >= 15 is 0 Å². The number of benzene rings is 1. The minimum Gasteiger partial charge on any atom is -0.460 e. The van der Waals surface area contributed by atoms with Crippen molar-refractivity contribution in [2.24, 2.45) is 0 Å². The van der Waals surface area contributed by atoms with E-state index in [0.29, 0.717) is 38.3 Å². The fourth-order valence-corrected chi connectivity index (χ4v) is 5.24. The Morgan fingerprint density at radius 1 is 1.02 bits per heavy atom. The lowest BCUT2D eigenvalue weighted by atomic mass is 10.1. The minimum atomic E-state index is -1.02. The van der Waals surface area contributed by atoms with Crippen molar-refractivity contribution < 1.29 is 33.8 Å². The van der Waals surface area contributed by atoms with Gasteiger partial charge in [-0.2, -0.15) is 0 Å². The number of nitrogens with one attached hydrogen (secondary N) is 1. The molecule has 2 aromatic rings. The number of aliphatic hydroxyl groups excluding tert-OH is 1. The number of carbonyl (C=O) groups excluding carboxylic acids is 4. The van der Waals surface area contributed by atoms with Crippen LogP contribution in [0, 0.1) is 0 Å². The number of ether oxygens (including phenoxy) is 2. The van der Waals surface area contributed by atoms with E-state index in [0.717, 1.165) is 11.3 Å². The number of nitrogens with zero attached hydrogens (tertiary/aromatic N) is 4. The number of piperazine rings is 1. The summed E-state index contributed by atoms with van der Waals surface area (Å²) in [5.41, 5.74) is 1.57. The number of aromatic nitrogens is 1. The Hall–Kier alpha value is -4.19. The van der Waals surface area contributed by atoms with E-state index in [1.54, 1.807) is 38.7 Å². The second-order valence-corrected chi connectivity index (χ2v) is 12.0. The van der Waals surface area contributed by atoms with Gasteiger partial charge < -0.3 is 34.6 Å². The van der Waals surface area contributed by atoms with Crippen LogP contribution >= 0.6 is 0 Å². The van der Waals surface area contributed by atoms with Gasteiger partial charge in [0.1, 0.15) is 17.3 Å². The van der Waals surface area contributed by atoms with Crippen molar-refractivity contribution in [1.29, 1.82) is 0 Å². The molecule has 1 aromatic carbocycles. The topological polar surface area (TPSA) is 142 Å². The quantitative estimate of drug-likeness (QED) is 0.411. The fourth-order valence-electron chi connectivity index (χ4n) is 5.24. The van der Waals surface area contributed by atoms with E-state index in [1.165, 1.54) is 4.90 Å². The molecule has 2 N–H and O–H groups in total. The molecule has 12 nitrogen and oxygen atoms in total. The van der Waals surface area contributed by atoms with Gasteiger partial charge in [-0.25, -0.2) is 9.78 Å². The van der Waals surface area contributed by atoms with Crippen molar-refractivity contribution in [3.8, 4) is 11.3 Å². The first-order valence-electron chi connectivity index (χ1n) is 15.2. The third-order valence-electron chi connectivity index (χ3n) is 7.42. The van der Waals surface area contributed by atoms with Crippen LogP contribution in [0.3, 0.4) is 0 Å². The van der Waals surface area contributed by atoms with Crippen LogP contribution in [-0.2, 0) is 19.1 Å². The number of anilines is 1. The number of rotatable bonds is 9. The van der Waals surface area contributed by atoms with Gasteiger partial charge in [0.05, 0.1) is 18.4 Å². The first-order valence-corrected chi connectivity index (χ1v) is 15.2. The average Bonchev–Trinajstić information content (AvgIpc) is 3.44. The predicted octanol–water partition coefficient (Wildman–Crippen LogP) is 2.84. The van der Waals surface area contributed by atoms with Crippen molar-refractivity contribution >= 4 is 29.6 Å². The smallest absolute Gasteiger partial charge is 0.409 e. The lowest BCUT2D eigenvalue weighted by Gasteiger charge is -2.36. The number of esters is 1. The van der Waals surface area contributed by atoms with Gasteiger partial charge in [-0.15, -0.1) is 0 Å². The number of hydrogen-bond donors (Lipinski definition) is 2. The van der Waals surface area contributed by atoms with Gasteiger partial charge in [0.15, 0.2) is 0 Å². The monoisotopic (exact) mass is 609 g/mol. The molecule has 0 spiro atoms. The molecule has 3 heterocycles. The first-order chi connectivity index (χ1) is 20.9. The second-order valence-electron chi connectivity index (χ2n) is 12.0. The van der Waals surface area contributed by atoms with Crippen molar-refractivity contribution in [2.75, 3.05) is 50.8 Å². The molecule has 44 heavy (non-hydrogen) atoms. The van der Waals surface area contributed by atoms with Crippen molar-refractivity contribution in [2.45, 2.75) is 64.7 Å². The molecule has 12 heteroatoms. The van der Waals surface area contributed by atoms with Crippen LogP contribution < -0.4 is 10.2 Å². The third-order valence-corrected chi connectivity index (χ3v) is 7.42. The van der Waals surface area contributed by atoms with Crippen LogP contribution in [0.5, 0.6) is 0 Å². The van der Waals surface area contributed by atoms with Gasteiger partial charge in [0.2, 0.25) is 5.91 Å². The first kappa shape index (κ1) is 32.7. The molecule has 2 saturated heterocycles. The van der Waals surface area contributed by atoms with Gasteiger partial charge in [-0.1, -0.05) is 30.3 Å². The SMILES string of the molecule is CCOC(=O)N1CCN(C(=O)C(CCC(=O)OC(C)(C)C)NC(=O)c2cc(N3CCC(O)C3)cc(-c3ccccc3)n2)CC1. The molecule has 4 rings (SSSR count). The Labute approximate surface area is 258 Å². The summed E-state index contributed by atoms with van der Waals surface area (Å²) >= 11 is 0. The Morgan fingerprint density at radius 3 is 2.32 bits per heavy atom. The highest BCUT2D eigenvalue weighted by Gasteiger charge is 2.32. The fraction of sp³-hybridized carbons (Fsp3) is 0.531. The Morgan fingerprint density at radius 2 is 1.70 bits per heavy atom. The Kier molecular flexibility index (Phi) is 10.8. The summed E-state index contributed by atoms with van der Waals surface area (Å²) in [5.74, 6) is -1.39. The molecule has 0 aliphatic carbocycles. The summed E-state index contributed by atoms with van der Waals surface area (Å²) in [6, 6.07) is 12.0. The van der Waals surface area contributed by atoms with Crippen LogP contribution in [-0.4, -0.2) is 107 Å². The largest absolute Gasteiger partial charge is 0.460 e. The molecule has 0 saturated carbocycles. The van der Waals surface area contributed by atoms with E-state index < -0.39 is 35.7 Å². The van der Waals surface area contributed by atoms with Crippen LogP contribution in [0.4, 0.5) is 10.5 Å². The molecule has 2 fully saturated rings. The van der Waals surface area contributed by atoms with Gasteiger partial charge in [-0.05, 0) is 52.7 Å². The van der Waals surface area contributed by atoms with E-state index in [2.05, 4.69) is 10.3 Å². The molecule has 2 atom stereocenters. The van der Waals surface area contributed by atoms with Crippen LogP contribution in [0.15, 0.2) is 42.5 Å². The maximum Gasteiger partial charge on any atom is 0.409 e. The van der Waals surface area contributed by atoms with E-state index in [9.17, 15) is 24.3 Å². The summed E-state index contributed by atoms with van der Waals surface area (Å²) < 4.78 is 10.5. The predicted molar refractivity (Wildman–Crippen MR) is 164 cm³/mol. The highest BCUT2D eigenvalue weighted by atomic mass is 16.6. The molecule has 0 bridgehead atoms. The highest BCUT2D eigenvalue weighted by molar-refractivity contribution is 5.97. The van der Waals surface area contributed by atoms with Crippen LogP contribution in [0.25, 0.3) is 11.3 Å². The highest BCUT2D eigenvalue weighted by Crippen LogP contribution is 2.27. The lowest BCUT2D eigenvalue weighted by Crippen LogP contribution is -2.56. The maximum atomic E-state index is 13.7. The molecule has 3 amide bonds. The number of hydrogen-bond acceptors (Lipinski definition) is 9. The molecule has 0 radical (unpaired) electrons. The summed E-state index contributed by atoms with van der Waals surface area (Å²) in [4.78, 5) is 61.9. The zero-order chi connectivity index (χ0) is 31.9. The molecule has 1 aromatic heterocycles. The zero-order valence-electron chi connectivity index (χ0n) is 26.0. The molecule has 2 aliphatic rings. The summed E-state index contributed by atoms with van der Waals surface area (Å²) in [5, 5.41) is 13.0. The standard InChI is InChI=1S/C32H43N5O7/c1-5-43-31(42)36-17-15-35(16-18-36)30(41)25(11-12-28(39)44-32(2,3)4)34-29(40)27-20-23(37-14-13-24(38)21-37)19-26(33-27)22-9-7-6-8-10-22/h6-10,19-20,24-25,38H,5,11-18,21H2,1-4H3,(H,34,40). The Balaban J connectivity index is 1.56. The lowest BCUT2D eigenvalue weighted by molar-refractivity contribution is -0.155. The summed E-state index contributed by atoms with van der Waals surface area (Å²) in [7, 11) is 0. The van der Waals surface area contributed by atoms with E-state index in [4.69, 9.17) is 9.47 Å². The van der Waals surface area contributed by atoms with Crippen LogP contribution in [0.1, 0.15) is 57.4 Å². The normalized spacial score (nSPS) is 17.7. The summed E-state index contributed by atoms with van der Waals surface area (Å²) in [6.45, 7) is 9.48. The number of aliphatic hydroxyl groups is 1. The molecule has 2 aliphatic heterocycles. The van der Waals surface area contributed by atoms with E-state index in [1.807, 2.05) is 41.3 Å². The van der Waals surface area contributed by atoms with Crippen molar-refractivity contribution in [3.05, 3.63) is 48.2 Å². The van der Waals surface area contributed by atoms with Crippen molar-refractivity contribution in [3.63, 3.8) is 0 Å². The van der Waals surface area contributed by atoms with Gasteiger partial charge in [0, 0.05) is 56.9 Å². The number of pyridine rings is 1. The second kappa shape index (κ2) is 14.5. The number of β-amino-alcohol motifs (C(OH)–C–C–N with tert-alkyl or cyclic N) is 1. The zero-order valence-corrected chi connectivity index (χ0v) is 26.0. The molecular formula is C32H43N5O7. The van der Waals surface area contributed by atoms with Gasteiger partial charge in [0.25, 0.3) is 5.91 Å². The average molecular weight is 610 g/mol. The molecule has 2 unspecified atom stereocenters. The van der Waals surface area contributed by atoms with Crippen molar-refractivity contribution in [1.82, 2.24) is 20.1 Å². The molecular weight excluding hydrogens is 566 g/mol. The maximum absolute atomic E-state index is 13.7. The number of carbonyl (C=O) groups is 4. The number of amides is 3. The third kappa shape index (κ3) is 8.91.